The summed E-state index contributed by atoms with van der Waals surface area (Å²) in [5, 5.41) is 1.24. The Morgan fingerprint density at radius 2 is 1.89 bits per heavy atom. The molecule has 0 saturated heterocycles. The minimum absolute atomic E-state index is 0.494. The van der Waals surface area contributed by atoms with Gasteiger partial charge in [-0.1, -0.05) is 44.2 Å². The summed E-state index contributed by atoms with van der Waals surface area (Å²) in [4.78, 5) is 6.10. The second-order valence-corrected chi connectivity index (χ2v) is 6.20. The van der Waals surface area contributed by atoms with Crippen LogP contribution in [0.3, 0.4) is 0 Å². The van der Waals surface area contributed by atoms with Crippen molar-refractivity contribution in [2.24, 2.45) is 0 Å². The Morgan fingerprint density at radius 1 is 1.17 bits per heavy atom. The Kier molecular flexibility index (Phi) is 4.84. The van der Waals surface area contributed by atoms with Crippen molar-refractivity contribution in [3.63, 3.8) is 0 Å². The molecule has 0 atom stereocenters. The third kappa shape index (κ3) is 3.36. The van der Waals surface area contributed by atoms with Crippen molar-refractivity contribution in [2.75, 3.05) is 0 Å². The number of rotatable bonds is 5. The van der Waals surface area contributed by atoms with Gasteiger partial charge in [0, 0.05) is 17.1 Å². The maximum atomic E-state index is 4.77. The Balaban J connectivity index is 2.06. The Hall–Kier alpha value is -0.800. The van der Waals surface area contributed by atoms with Crippen LogP contribution in [0.15, 0.2) is 30.3 Å². The highest BCUT2D eigenvalue weighted by atomic mass is 32.1. The number of nitrogens with zero attached hydrogens (tertiary/aromatic N) is 1. The molecule has 1 aromatic carbocycles. The lowest BCUT2D eigenvalue weighted by Gasteiger charge is -2.01. The molecule has 1 heterocycles. The summed E-state index contributed by atoms with van der Waals surface area (Å²) in [5.41, 5.74) is 2.62. The number of thiazole rings is 1. The van der Waals surface area contributed by atoms with E-state index in [0.29, 0.717) is 5.92 Å². The SMILES string of the molecule is CC(C)c1nc(CCc2ccccc2)sc1CS. The van der Waals surface area contributed by atoms with E-state index in [9.17, 15) is 0 Å². The van der Waals surface area contributed by atoms with Gasteiger partial charge >= 0.3 is 0 Å². The van der Waals surface area contributed by atoms with Crippen LogP contribution in [0.4, 0.5) is 0 Å². The van der Waals surface area contributed by atoms with Crippen molar-refractivity contribution < 1.29 is 0 Å². The fourth-order valence-corrected chi connectivity index (χ4v) is 3.42. The van der Waals surface area contributed by atoms with E-state index in [1.54, 1.807) is 0 Å². The standard InChI is InChI=1S/C15H19NS2/c1-11(2)15-13(10-17)18-14(16-15)9-8-12-6-4-3-5-7-12/h3-7,11,17H,8-10H2,1-2H3. The van der Waals surface area contributed by atoms with Crippen LogP contribution in [-0.2, 0) is 18.6 Å². The zero-order valence-corrected chi connectivity index (χ0v) is 12.6. The van der Waals surface area contributed by atoms with Gasteiger partial charge in [0.25, 0.3) is 0 Å². The molecule has 18 heavy (non-hydrogen) atoms. The monoisotopic (exact) mass is 277 g/mol. The van der Waals surface area contributed by atoms with Crippen LogP contribution in [0.5, 0.6) is 0 Å². The fraction of sp³-hybridized carbons (Fsp3) is 0.400. The first-order valence-electron chi connectivity index (χ1n) is 6.34. The summed E-state index contributed by atoms with van der Waals surface area (Å²) in [7, 11) is 0. The minimum atomic E-state index is 0.494. The van der Waals surface area contributed by atoms with Crippen LogP contribution in [0, 0.1) is 0 Å². The maximum Gasteiger partial charge on any atom is 0.0934 e. The van der Waals surface area contributed by atoms with Crippen LogP contribution in [-0.4, -0.2) is 4.98 Å². The zero-order valence-electron chi connectivity index (χ0n) is 10.9. The molecule has 3 heteroatoms. The predicted octanol–water partition coefficient (Wildman–Crippen LogP) is 4.48. The molecule has 0 aliphatic rings. The summed E-state index contributed by atoms with van der Waals surface area (Å²) >= 11 is 6.22. The number of thiol groups is 1. The largest absolute Gasteiger partial charge is 0.246 e. The topological polar surface area (TPSA) is 12.9 Å². The van der Waals surface area contributed by atoms with Gasteiger partial charge in [0.05, 0.1) is 10.7 Å². The molecule has 2 aromatic rings. The first-order chi connectivity index (χ1) is 8.70. The lowest BCUT2D eigenvalue weighted by Crippen LogP contribution is -1.94. The molecule has 0 amide bonds. The fourth-order valence-electron chi connectivity index (χ4n) is 1.98. The molecule has 1 aromatic heterocycles. The van der Waals surface area contributed by atoms with Gasteiger partial charge in [-0.2, -0.15) is 12.6 Å². The molecule has 0 bridgehead atoms. The number of benzene rings is 1. The summed E-state index contributed by atoms with van der Waals surface area (Å²) in [6, 6.07) is 10.6. The van der Waals surface area contributed by atoms with Crippen molar-refractivity contribution in [1.29, 1.82) is 0 Å². The summed E-state index contributed by atoms with van der Waals surface area (Å²) in [6.45, 7) is 4.39. The van der Waals surface area contributed by atoms with Crippen molar-refractivity contribution >= 4 is 24.0 Å². The highest BCUT2D eigenvalue weighted by Gasteiger charge is 2.12. The lowest BCUT2D eigenvalue weighted by atomic mass is 10.1. The first kappa shape index (κ1) is 13.6. The second-order valence-electron chi connectivity index (χ2n) is 4.71. The molecule has 0 aliphatic heterocycles. The Morgan fingerprint density at radius 3 is 2.44 bits per heavy atom. The van der Waals surface area contributed by atoms with E-state index >= 15 is 0 Å². The minimum Gasteiger partial charge on any atom is -0.246 e. The smallest absolute Gasteiger partial charge is 0.0934 e. The van der Waals surface area contributed by atoms with Crippen LogP contribution in [0.2, 0.25) is 0 Å². The molecule has 0 aliphatic carbocycles. The quantitative estimate of drug-likeness (QED) is 0.795. The molecular weight excluding hydrogens is 258 g/mol. The number of aryl methyl sites for hydroxylation is 2. The maximum absolute atomic E-state index is 4.77. The average molecular weight is 277 g/mol. The van der Waals surface area contributed by atoms with Gasteiger partial charge in [0.2, 0.25) is 0 Å². The van der Waals surface area contributed by atoms with Crippen molar-refractivity contribution in [3.8, 4) is 0 Å². The number of hydrogen-bond donors (Lipinski definition) is 1. The van der Waals surface area contributed by atoms with Crippen LogP contribution >= 0.6 is 24.0 Å². The van der Waals surface area contributed by atoms with E-state index in [2.05, 4.69) is 56.8 Å². The number of aromatic nitrogens is 1. The molecule has 0 radical (unpaired) electrons. The number of hydrogen-bond acceptors (Lipinski definition) is 3. The Bertz CT molecular complexity index is 488. The van der Waals surface area contributed by atoms with Gasteiger partial charge < -0.3 is 0 Å². The van der Waals surface area contributed by atoms with Gasteiger partial charge in [-0.25, -0.2) is 4.98 Å². The van der Waals surface area contributed by atoms with Crippen LogP contribution in [0.1, 0.15) is 40.9 Å². The van der Waals surface area contributed by atoms with Crippen LogP contribution < -0.4 is 0 Å². The van der Waals surface area contributed by atoms with Crippen molar-refractivity contribution in [3.05, 3.63) is 51.5 Å². The zero-order chi connectivity index (χ0) is 13.0. The predicted molar refractivity (Wildman–Crippen MR) is 82.7 cm³/mol. The lowest BCUT2D eigenvalue weighted by molar-refractivity contribution is 0.808. The first-order valence-corrected chi connectivity index (χ1v) is 7.79. The molecule has 0 fully saturated rings. The average Bonchev–Trinajstić information content (AvgIpc) is 2.81. The molecule has 0 unspecified atom stereocenters. The summed E-state index contributed by atoms with van der Waals surface area (Å²) in [6.07, 6.45) is 2.10. The molecule has 1 nitrogen and oxygen atoms in total. The Labute approximate surface area is 119 Å². The molecule has 96 valence electrons. The van der Waals surface area contributed by atoms with Crippen molar-refractivity contribution in [1.82, 2.24) is 4.98 Å². The molecule has 0 N–H and O–H groups in total. The molecule has 0 saturated carbocycles. The highest BCUT2D eigenvalue weighted by molar-refractivity contribution is 7.79. The van der Waals surface area contributed by atoms with Crippen molar-refractivity contribution in [2.45, 2.75) is 38.4 Å². The van der Waals surface area contributed by atoms with Gasteiger partial charge in [0.1, 0.15) is 0 Å². The van der Waals surface area contributed by atoms with E-state index in [1.165, 1.54) is 21.1 Å². The van der Waals surface area contributed by atoms with E-state index in [4.69, 9.17) is 4.98 Å². The molecular formula is C15H19NS2. The summed E-state index contributed by atoms with van der Waals surface area (Å²) in [5.74, 6) is 1.30. The molecule has 2 rings (SSSR count). The van der Waals surface area contributed by atoms with Gasteiger partial charge in [-0.3, -0.25) is 0 Å². The molecule has 0 spiro atoms. The third-order valence-corrected chi connectivity index (χ3v) is 4.59. The van der Waals surface area contributed by atoms with E-state index in [1.807, 2.05) is 11.3 Å². The van der Waals surface area contributed by atoms with Gasteiger partial charge in [-0.15, -0.1) is 11.3 Å². The van der Waals surface area contributed by atoms with Gasteiger partial charge in [-0.05, 0) is 17.9 Å². The van der Waals surface area contributed by atoms with Gasteiger partial charge in [0.15, 0.2) is 0 Å². The summed E-state index contributed by atoms with van der Waals surface area (Å²) < 4.78 is 0. The normalized spacial score (nSPS) is 11.1. The van der Waals surface area contributed by atoms with E-state index in [0.717, 1.165) is 18.6 Å². The van der Waals surface area contributed by atoms with E-state index in [-0.39, 0.29) is 0 Å². The van der Waals surface area contributed by atoms with E-state index < -0.39 is 0 Å². The van der Waals surface area contributed by atoms with Crippen LogP contribution in [0.25, 0.3) is 0 Å². The third-order valence-electron chi connectivity index (χ3n) is 2.93. The second kappa shape index (κ2) is 6.39. The highest BCUT2D eigenvalue weighted by Crippen LogP contribution is 2.27.